The second-order valence-electron chi connectivity index (χ2n) is 6.36. The number of carbonyl (C=O) groups is 1. The van der Waals surface area contributed by atoms with E-state index in [-0.39, 0.29) is 30.4 Å². The summed E-state index contributed by atoms with van der Waals surface area (Å²) in [7, 11) is -3.86. The fourth-order valence-electron chi connectivity index (χ4n) is 2.12. The molecule has 1 aromatic heterocycles. The maximum atomic E-state index is 13.6. The number of aromatic nitrogens is 2. The van der Waals surface area contributed by atoms with Gasteiger partial charge in [-0.1, -0.05) is 5.16 Å². The molecular weight excluding hydrogens is 437 g/mol. The number of hydrogen-bond acceptors (Lipinski definition) is 10. The first-order chi connectivity index (χ1) is 14.5. The molecule has 0 aliphatic rings. The van der Waals surface area contributed by atoms with E-state index >= 15 is 0 Å². The molecule has 0 saturated carbocycles. The Morgan fingerprint density at radius 1 is 1.32 bits per heavy atom. The smallest absolute Gasteiger partial charge is 0.430 e. The zero-order chi connectivity index (χ0) is 23.0. The number of nitrogens with zero attached hydrogens (tertiary/aromatic N) is 3. The van der Waals surface area contributed by atoms with Crippen molar-refractivity contribution < 1.29 is 31.8 Å². The van der Waals surface area contributed by atoms with Gasteiger partial charge in [0.05, 0.1) is 6.10 Å². The molecule has 0 saturated heterocycles. The summed E-state index contributed by atoms with van der Waals surface area (Å²) in [5.74, 6) is -0.467. The van der Waals surface area contributed by atoms with E-state index in [4.69, 9.17) is 19.3 Å². The van der Waals surface area contributed by atoms with Crippen LogP contribution < -0.4 is 20.5 Å². The van der Waals surface area contributed by atoms with E-state index < -0.39 is 28.3 Å². The topological polar surface area (TPSA) is 183 Å². The largest absolute Gasteiger partial charge is 0.535 e. The van der Waals surface area contributed by atoms with Crippen LogP contribution in [0.5, 0.6) is 0 Å². The van der Waals surface area contributed by atoms with E-state index in [0.717, 1.165) is 0 Å². The third kappa shape index (κ3) is 8.15. The number of amidine groups is 1. The lowest BCUT2D eigenvalue weighted by Crippen LogP contribution is -2.34. The Morgan fingerprint density at radius 2 is 2.06 bits per heavy atom. The van der Waals surface area contributed by atoms with E-state index in [1.54, 1.807) is 20.8 Å². The van der Waals surface area contributed by atoms with Crippen LogP contribution in [0.1, 0.15) is 25.1 Å². The molecule has 0 unspecified atom stereocenters. The van der Waals surface area contributed by atoms with Crippen LogP contribution in [-0.2, 0) is 19.8 Å². The van der Waals surface area contributed by atoms with Gasteiger partial charge in [0.25, 0.3) is 10.2 Å². The third-order valence-electron chi connectivity index (χ3n) is 3.40. The zero-order valence-corrected chi connectivity index (χ0v) is 17.7. The standard InChI is InChI=1S/C16H22FN7O6S/c1-9(2)28-16(25)29-23-15(21-11-4-5-12(17)10(3)8-11)13-14(24-30-22-13)19-6-7-20-31(18,26)27/h4-5,8-9,20H,6-7H2,1-3H3,(H,19,24)(H,21,23)(H2,18,26,27). The molecule has 2 aromatic rings. The summed E-state index contributed by atoms with van der Waals surface area (Å²) in [4.78, 5) is 16.4. The van der Waals surface area contributed by atoms with Crippen LogP contribution in [0.2, 0.25) is 0 Å². The van der Waals surface area contributed by atoms with E-state index in [1.807, 2.05) is 0 Å². The molecule has 0 fully saturated rings. The van der Waals surface area contributed by atoms with Crippen molar-refractivity contribution in [2.45, 2.75) is 26.9 Å². The summed E-state index contributed by atoms with van der Waals surface area (Å²) < 4.78 is 47.0. The molecular formula is C16H22FN7O6S. The Hall–Kier alpha value is -3.30. The number of rotatable bonds is 9. The summed E-state index contributed by atoms with van der Waals surface area (Å²) in [6.45, 7) is 4.84. The highest BCUT2D eigenvalue weighted by Gasteiger charge is 2.19. The molecule has 0 spiro atoms. The van der Waals surface area contributed by atoms with Gasteiger partial charge in [0.15, 0.2) is 5.69 Å². The van der Waals surface area contributed by atoms with Crippen LogP contribution in [0, 0.1) is 12.7 Å². The average Bonchev–Trinajstić information content (AvgIpc) is 3.12. The van der Waals surface area contributed by atoms with Gasteiger partial charge >= 0.3 is 6.16 Å². The second kappa shape index (κ2) is 10.6. The van der Waals surface area contributed by atoms with Crippen molar-refractivity contribution in [1.29, 1.82) is 0 Å². The molecule has 1 aromatic carbocycles. The predicted octanol–water partition coefficient (Wildman–Crippen LogP) is 1.06. The Bertz CT molecular complexity index is 1040. The summed E-state index contributed by atoms with van der Waals surface area (Å²) in [6.07, 6.45) is -1.50. The molecule has 0 amide bonds. The molecule has 1 heterocycles. The number of hydrogen-bond donors (Lipinski definition) is 4. The number of nitrogens with two attached hydrogens (primary N) is 1. The number of ether oxygens (including phenoxy) is 1. The number of halogens is 1. The maximum Gasteiger partial charge on any atom is 0.535 e. The minimum Gasteiger partial charge on any atom is -0.430 e. The second-order valence-corrected chi connectivity index (χ2v) is 7.74. The Labute approximate surface area is 177 Å². The molecule has 5 N–H and O–H groups in total. The quantitative estimate of drug-likeness (QED) is 0.106. The molecule has 0 aliphatic carbocycles. The highest BCUT2D eigenvalue weighted by Crippen LogP contribution is 2.17. The van der Waals surface area contributed by atoms with Gasteiger partial charge in [-0.25, -0.2) is 23.7 Å². The number of aryl methyl sites for hydroxylation is 1. The van der Waals surface area contributed by atoms with E-state index in [2.05, 4.69) is 30.8 Å². The van der Waals surface area contributed by atoms with Crippen LogP contribution in [0.3, 0.4) is 0 Å². The lowest BCUT2D eigenvalue weighted by Gasteiger charge is -2.10. The minimum atomic E-state index is -3.86. The minimum absolute atomic E-state index is 0.00469. The number of benzene rings is 1. The SMILES string of the molecule is Cc1cc(N/C(=N\OC(=O)OC(C)C)c2nonc2NCCNS(N)(=O)=O)ccc1F. The van der Waals surface area contributed by atoms with E-state index in [9.17, 15) is 17.6 Å². The third-order valence-corrected chi connectivity index (χ3v) is 4.00. The van der Waals surface area contributed by atoms with Crippen LogP contribution in [0.4, 0.5) is 20.7 Å². The number of nitrogens with one attached hydrogen (secondary N) is 3. The average molecular weight is 459 g/mol. The van der Waals surface area contributed by atoms with Crippen molar-refractivity contribution in [2.75, 3.05) is 23.7 Å². The van der Waals surface area contributed by atoms with Gasteiger partial charge in [-0.15, -0.1) is 0 Å². The summed E-state index contributed by atoms with van der Waals surface area (Å²) >= 11 is 0. The summed E-state index contributed by atoms with van der Waals surface area (Å²) in [6, 6.07) is 4.16. The molecule has 0 atom stereocenters. The lowest BCUT2D eigenvalue weighted by atomic mass is 10.2. The Kier molecular flexibility index (Phi) is 8.23. The predicted molar refractivity (Wildman–Crippen MR) is 108 cm³/mol. The van der Waals surface area contributed by atoms with Crippen LogP contribution in [0.15, 0.2) is 28.0 Å². The molecule has 15 heteroatoms. The van der Waals surface area contributed by atoms with Gasteiger partial charge < -0.3 is 15.4 Å². The van der Waals surface area contributed by atoms with Crippen LogP contribution in [-0.4, -0.2) is 49.9 Å². The fraction of sp³-hybridized carbons (Fsp3) is 0.375. The lowest BCUT2D eigenvalue weighted by molar-refractivity contribution is 0.0363. The molecule has 2 rings (SSSR count). The Morgan fingerprint density at radius 3 is 2.71 bits per heavy atom. The molecule has 0 bridgehead atoms. The molecule has 31 heavy (non-hydrogen) atoms. The summed E-state index contributed by atoms with van der Waals surface area (Å²) in [5.41, 5.74) is 0.758. The van der Waals surface area contributed by atoms with E-state index in [0.29, 0.717) is 11.3 Å². The van der Waals surface area contributed by atoms with Crippen molar-refractivity contribution in [3.05, 3.63) is 35.3 Å². The first-order valence-corrected chi connectivity index (χ1v) is 10.4. The first-order valence-electron chi connectivity index (χ1n) is 8.88. The van der Waals surface area contributed by atoms with Gasteiger partial charge in [0.1, 0.15) is 5.82 Å². The number of anilines is 2. The highest BCUT2D eigenvalue weighted by molar-refractivity contribution is 7.87. The number of oxime groups is 1. The van der Waals surface area contributed by atoms with E-state index in [1.165, 1.54) is 18.2 Å². The van der Waals surface area contributed by atoms with Crippen molar-refractivity contribution in [2.24, 2.45) is 10.3 Å². The number of carbonyl (C=O) groups excluding carboxylic acids is 1. The van der Waals surface area contributed by atoms with Gasteiger partial charge in [-0.2, -0.15) is 8.42 Å². The van der Waals surface area contributed by atoms with Crippen molar-refractivity contribution >= 4 is 33.7 Å². The molecule has 170 valence electrons. The monoisotopic (exact) mass is 459 g/mol. The highest BCUT2D eigenvalue weighted by atomic mass is 32.2. The fourth-order valence-corrected chi connectivity index (χ4v) is 2.50. The maximum absolute atomic E-state index is 13.6. The zero-order valence-electron chi connectivity index (χ0n) is 16.9. The van der Waals surface area contributed by atoms with Gasteiger partial charge in [0.2, 0.25) is 11.7 Å². The van der Waals surface area contributed by atoms with Gasteiger partial charge in [-0.3, -0.25) is 4.84 Å². The Balaban J connectivity index is 2.22. The molecule has 13 nitrogen and oxygen atoms in total. The van der Waals surface area contributed by atoms with Crippen LogP contribution >= 0.6 is 0 Å². The van der Waals surface area contributed by atoms with Crippen molar-refractivity contribution in [3.63, 3.8) is 0 Å². The van der Waals surface area contributed by atoms with Gasteiger partial charge in [0, 0.05) is 18.8 Å². The summed E-state index contributed by atoms with van der Waals surface area (Å²) in [5, 5.41) is 21.5. The van der Waals surface area contributed by atoms with Gasteiger partial charge in [-0.05, 0) is 54.8 Å². The van der Waals surface area contributed by atoms with Crippen molar-refractivity contribution in [3.8, 4) is 0 Å². The van der Waals surface area contributed by atoms with Crippen LogP contribution in [0.25, 0.3) is 0 Å². The normalized spacial score (nSPS) is 12.0. The molecule has 0 radical (unpaired) electrons. The van der Waals surface area contributed by atoms with Crippen molar-refractivity contribution in [1.82, 2.24) is 15.0 Å². The molecule has 0 aliphatic heterocycles. The first kappa shape index (κ1) is 24.0.